The summed E-state index contributed by atoms with van der Waals surface area (Å²) in [6.07, 6.45) is 5.62. The molecule has 120 valence electrons. The number of unbranched alkanes of at least 4 members (excludes halogenated alkanes) is 3. The van der Waals surface area contributed by atoms with E-state index in [0.717, 1.165) is 35.6 Å². The largest absolute Gasteiger partial charge is 0.375 e. The van der Waals surface area contributed by atoms with Gasteiger partial charge in [0.15, 0.2) is 5.72 Å². The Hall–Kier alpha value is -0.550. The van der Waals surface area contributed by atoms with Crippen LogP contribution in [0.3, 0.4) is 0 Å². The number of fused-ring (bicyclic) bond motifs is 3. The van der Waals surface area contributed by atoms with Crippen molar-refractivity contribution in [1.29, 1.82) is 0 Å². The molecule has 0 bridgehead atoms. The first-order valence-electron chi connectivity index (χ1n) is 7.98. The summed E-state index contributed by atoms with van der Waals surface area (Å²) in [6.45, 7) is 3.49. The predicted molar refractivity (Wildman–Crippen MR) is 92.8 cm³/mol. The quantitative estimate of drug-likeness (QED) is 0.759. The van der Waals surface area contributed by atoms with Crippen LogP contribution in [0.2, 0.25) is 5.02 Å². The monoisotopic (exact) mass is 339 g/mol. The molecule has 0 saturated carbocycles. The average Bonchev–Trinajstić information content (AvgIpc) is 2.92. The maximum absolute atomic E-state index is 10.9. The second-order valence-corrected chi connectivity index (χ2v) is 7.67. The third kappa shape index (κ3) is 3.21. The van der Waals surface area contributed by atoms with Gasteiger partial charge in [0.2, 0.25) is 0 Å². The zero-order valence-corrected chi connectivity index (χ0v) is 14.4. The van der Waals surface area contributed by atoms with Crippen LogP contribution in [0.5, 0.6) is 0 Å². The highest BCUT2D eigenvalue weighted by molar-refractivity contribution is 8.14. The van der Waals surface area contributed by atoms with E-state index in [1.165, 1.54) is 19.3 Å². The maximum Gasteiger partial charge on any atom is 0.196 e. The van der Waals surface area contributed by atoms with Crippen molar-refractivity contribution < 1.29 is 9.84 Å². The first-order chi connectivity index (χ1) is 10.6. The Balaban J connectivity index is 1.58. The van der Waals surface area contributed by atoms with Gasteiger partial charge in [-0.05, 0) is 30.5 Å². The average molecular weight is 340 g/mol. The van der Waals surface area contributed by atoms with E-state index in [9.17, 15) is 5.11 Å². The van der Waals surface area contributed by atoms with E-state index in [2.05, 4.69) is 11.9 Å². The molecule has 1 aliphatic carbocycles. The smallest absolute Gasteiger partial charge is 0.196 e. The standard InChI is InChI=1S/C17H22ClNO2S/c1-2-3-4-5-8-21-11-16-19-17(20)14-7-6-13(18)9-12(14)10-15(17)22-16/h6-7,9,15,20H,2-5,8,10-11H2,1H3. The lowest BCUT2D eigenvalue weighted by Gasteiger charge is -2.19. The van der Waals surface area contributed by atoms with Gasteiger partial charge in [0.05, 0.1) is 16.9 Å². The molecule has 5 heteroatoms. The fourth-order valence-corrected chi connectivity index (χ4v) is 4.57. The number of nitrogens with zero attached hydrogens (tertiary/aromatic N) is 1. The fourth-order valence-electron chi connectivity index (χ4n) is 3.10. The molecule has 0 saturated heterocycles. The number of aliphatic hydroxyl groups is 1. The van der Waals surface area contributed by atoms with E-state index in [0.29, 0.717) is 11.6 Å². The second-order valence-electron chi connectivity index (χ2n) is 5.96. The van der Waals surface area contributed by atoms with Crippen LogP contribution >= 0.6 is 23.4 Å². The Bertz CT molecular complexity index is 578. The van der Waals surface area contributed by atoms with Gasteiger partial charge in [0, 0.05) is 17.2 Å². The van der Waals surface area contributed by atoms with Crippen molar-refractivity contribution in [3.05, 3.63) is 34.3 Å². The molecule has 3 rings (SSSR count). The van der Waals surface area contributed by atoms with Crippen LogP contribution in [0, 0.1) is 0 Å². The molecule has 0 aromatic heterocycles. The van der Waals surface area contributed by atoms with Crippen molar-refractivity contribution >= 4 is 28.4 Å². The summed E-state index contributed by atoms with van der Waals surface area (Å²) in [5.74, 6) is 0. The molecular formula is C17H22ClNO2S. The molecule has 1 N–H and O–H groups in total. The first kappa shape index (κ1) is 16.3. The van der Waals surface area contributed by atoms with Crippen molar-refractivity contribution in [2.24, 2.45) is 4.99 Å². The van der Waals surface area contributed by atoms with E-state index < -0.39 is 5.72 Å². The molecule has 1 aromatic rings. The molecule has 2 atom stereocenters. The number of hydrogen-bond donors (Lipinski definition) is 1. The van der Waals surface area contributed by atoms with Crippen molar-refractivity contribution in [3.63, 3.8) is 0 Å². The molecule has 0 radical (unpaired) electrons. The Morgan fingerprint density at radius 2 is 2.27 bits per heavy atom. The van der Waals surface area contributed by atoms with Crippen molar-refractivity contribution in [2.75, 3.05) is 13.2 Å². The molecule has 0 fully saturated rings. The number of aliphatic imine (C=N–C) groups is 1. The van der Waals surface area contributed by atoms with Crippen LogP contribution < -0.4 is 0 Å². The number of halogens is 1. The third-order valence-corrected chi connectivity index (χ3v) is 5.76. The van der Waals surface area contributed by atoms with E-state index in [1.54, 1.807) is 11.8 Å². The van der Waals surface area contributed by atoms with Gasteiger partial charge in [-0.25, -0.2) is 4.99 Å². The molecule has 0 spiro atoms. The first-order valence-corrected chi connectivity index (χ1v) is 9.23. The Morgan fingerprint density at radius 3 is 3.09 bits per heavy atom. The summed E-state index contributed by atoms with van der Waals surface area (Å²) < 4.78 is 5.70. The minimum absolute atomic E-state index is 0.0552. The van der Waals surface area contributed by atoms with Gasteiger partial charge >= 0.3 is 0 Å². The van der Waals surface area contributed by atoms with Gasteiger partial charge < -0.3 is 9.84 Å². The van der Waals surface area contributed by atoms with Crippen molar-refractivity contribution in [2.45, 2.75) is 50.0 Å². The molecule has 2 aliphatic rings. The SMILES string of the molecule is CCCCCCOCC1=NC2(O)c3ccc(Cl)cc3CC2S1. The Labute approximate surface area is 141 Å². The lowest BCUT2D eigenvalue weighted by atomic mass is 10.1. The third-order valence-electron chi connectivity index (χ3n) is 4.26. The normalized spacial score (nSPS) is 26.0. The van der Waals surface area contributed by atoms with Crippen molar-refractivity contribution in [1.82, 2.24) is 0 Å². The molecule has 2 unspecified atom stereocenters. The van der Waals surface area contributed by atoms with Crippen molar-refractivity contribution in [3.8, 4) is 0 Å². The summed E-state index contributed by atoms with van der Waals surface area (Å²) in [6, 6.07) is 5.66. The molecule has 0 amide bonds. The number of rotatable bonds is 7. The van der Waals surface area contributed by atoms with Gasteiger partial charge in [-0.3, -0.25) is 0 Å². The minimum Gasteiger partial charge on any atom is -0.375 e. The lowest BCUT2D eigenvalue weighted by molar-refractivity contribution is 0.0572. The summed E-state index contributed by atoms with van der Waals surface area (Å²) in [5, 5.41) is 12.6. The Morgan fingerprint density at radius 1 is 1.41 bits per heavy atom. The van der Waals surface area contributed by atoms with Crippen LogP contribution in [0.1, 0.15) is 43.7 Å². The minimum atomic E-state index is -1.09. The zero-order chi connectivity index (χ0) is 15.6. The highest BCUT2D eigenvalue weighted by Gasteiger charge is 2.50. The van der Waals surface area contributed by atoms with Gasteiger partial charge in [-0.1, -0.05) is 55.6 Å². The molecule has 1 aliphatic heterocycles. The van der Waals surface area contributed by atoms with Crippen LogP contribution in [0.15, 0.2) is 23.2 Å². The second kappa shape index (κ2) is 6.91. The molecule has 22 heavy (non-hydrogen) atoms. The highest BCUT2D eigenvalue weighted by Crippen LogP contribution is 2.49. The van der Waals surface area contributed by atoms with Gasteiger partial charge in [-0.15, -0.1) is 0 Å². The van der Waals surface area contributed by atoms with E-state index in [-0.39, 0.29) is 5.25 Å². The van der Waals surface area contributed by atoms with Crippen LogP contribution in [-0.4, -0.2) is 28.6 Å². The molecule has 1 heterocycles. The molecule has 1 aromatic carbocycles. The number of hydrogen-bond acceptors (Lipinski definition) is 4. The van der Waals surface area contributed by atoms with E-state index >= 15 is 0 Å². The number of thioether (sulfide) groups is 1. The van der Waals surface area contributed by atoms with E-state index in [4.69, 9.17) is 16.3 Å². The predicted octanol–water partition coefficient (Wildman–Crippen LogP) is 4.15. The number of ether oxygens (including phenoxy) is 1. The van der Waals surface area contributed by atoms with Gasteiger partial charge in [0.25, 0.3) is 0 Å². The Kier molecular flexibility index (Phi) is 5.13. The van der Waals surface area contributed by atoms with Gasteiger partial charge in [0.1, 0.15) is 0 Å². The molecule has 3 nitrogen and oxygen atoms in total. The summed E-state index contributed by atoms with van der Waals surface area (Å²) in [4.78, 5) is 4.55. The van der Waals surface area contributed by atoms with Crippen LogP contribution in [0.4, 0.5) is 0 Å². The van der Waals surface area contributed by atoms with Crippen LogP contribution in [-0.2, 0) is 16.9 Å². The lowest BCUT2D eigenvalue weighted by Crippen LogP contribution is -2.27. The van der Waals surface area contributed by atoms with Gasteiger partial charge in [-0.2, -0.15) is 0 Å². The topological polar surface area (TPSA) is 41.8 Å². The summed E-state index contributed by atoms with van der Waals surface area (Å²) in [7, 11) is 0. The van der Waals surface area contributed by atoms with Crippen LogP contribution in [0.25, 0.3) is 0 Å². The fraction of sp³-hybridized carbons (Fsp3) is 0.588. The maximum atomic E-state index is 10.9. The highest BCUT2D eigenvalue weighted by atomic mass is 35.5. The molecular weight excluding hydrogens is 318 g/mol. The van der Waals surface area contributed by atoms with E-state index in [1.807, 2.05) is 18.2 Å². The zero-order valence-electron chi connectivity index (χ0n) is 12.8. The number of benzene rings is 1. The summed E-state index contributed by atoms with van der Waals surface area (Å²) in [5.41, 5.74) is 0.911. The summed E-state index contributed by atoms with van der Waals surface area (Å²) >= 11 is 7.67.